The van der Waals surface area contributed by atoms with Crippen LogP contribution in [0.1, 0.15) is 37.5 Å². The van der Waals surface area contributed by atoms with E-state index in [2.05, 4.69) is 10.6 Å². The van der Waals surface area contributed by atoms with Gasteiger partial charge < -0.3 is 20.5 Å². The maximum Gasteiger partial charge on any atom is 0.407 e. The Balaban J connectivity index is 1.74. The van der Waals surface area contributed by atoms with Crippen LogP contribution in [0.15, 0.2) is 48.5 Å². The fraction of sp³-hybridized carbons (Fsp3) is 0.350. The van der Waals surface area contributed by atoms with Crippen molar-refractivity contribution in [2.75, 3.05) is 0 Å². The first-order valence-electron chi connectivity index (χ1n) is 8.35. The van der Waals surface area contributed by atoms with E-state index >= 15 is 0 Å². The maximum absolute atomic E-state index is 11.6. The monoisotopic (exact) mass is 342 g/mol. The van der Waals surface area contributed by atoms with Gasteiger partial charge in [0.15, 0.2) is 0 Å². The van der Waals surface area contributed by atoms with Crippen LogP contribution in [-0.4, -0.2) is 16.8 Å². The lowest BCUT2D eigenvalue weighted by Gasteiger charge is -2.19. The second-order valence-corrected chi connectivity index (χ2v) is 6.94. The van der Waals surface area contributed by atoms with E-state index in [1.807, 2.05) is 57.2 Å². The molecule has 0 aliphatic heterocycles. The van der Waals surface area contributed by atoms with Gasteiger partial charge in [0, 0.05) is 19.6 Å². The number of hydrogen-bond acceptors (Lipinski definition) is 4. The molecule has 0 aliphatic carbocycles. The van der Waals surface area contributed by atoms with E-state index in [1.165, 1.54) is 5.56 Å². The molecule has 2 aromatic carbocycles. The second-order valence-electron chi connectivity index (χ2n) is 6.94. The lowest BCUT2D eigenvalue weighted by molar-refractivity contribution is 0.0523. The van der Waals surface area contributed by atoms with Gasteiger partial charge in [-0.2, -0.15) is 0 Å². The quantitative estimate of drug-likeness (QED) is 0.748. The highest BCUT2D eigenvalue weighted by molar-refractivity contribution is 5.67. The number of phenols is 1. The molecule has 2 rings (SSSR count). The van der Waals surface area contributed by atoms with E-state index in [1.54, 1.807) is 12.1 Å². The minimum atomic E-state index is -0.489. The van der Waals surface area contributed by atoms with Gasteiger partial charge in [-0.05, 0) is 49.6 Å². The van der Waals surface area contributed by atoms with Crippen molar-refractivity contribution in [3.05, 3.63) is 65.2 Å². The molecule has 0 heterocycles. The van der Waals surface area contributed by atoms with Crippen LogP contribution in [0.5, 0.6) is 5.75 Å². The SMILES string of the molecule is CC(C)(C)OC(=O)NCc1ccc(CNCc2ccc(O)cc2)cc1. The van der Waals surface area contributed by atoms with Gasteiger partial charge in [0.25, 0.3) is 0 Å². The van der Waals surface area contributed by atoms with Crippen LogP contribution in [0.2, 0.25) is 0 Å². The van der Waals surface area contributed by atoms with Crippen LogP contribution >= 0.6 is 0 Å². The molecule has 134 valence electrons. The molecule has 0 fully saturated rings. The minimum Gasteiger partial charge on any atom is -0.508 e. The molecule has 5 nitrogen and oxygen atoms in total. The van der Waals surface area contributed by atoms with Gasteiger partial charge in [-0.25, -0.2) is 4.79 Å². The third-order valence-corrected chi connectivity index (χ3v) is 3.45. The Morgan fingerprint density at radius 2 is 1.32 bits per heavy atom. The fourth-order valence-corrected chi connectivity index (χ4v) is 2.23. The summed E-state index contributed by atoms with van der Waals surface area (Å²) >= 11 is 0. The molecule has 0 saturated heterocycles. The number of carbonyl (C=O) groups is 1. The number of hydrogen-bond donors (Lipinski definition) is 3. The molecule has 0 spiro atoms. The summed E-state index contributed by atoms with van der Waals surface area (Å²) in [5.74, 6) is 0.277. The van der Waals surface area contributed by atoms with Gasteiger partial charge in [-0.1, -0.05) is 36.4 Å². The van der Waals surface area contributed by atoms with Gasteiger partial charge in [-0.3, -0.25) is 0 Å². The first-order valence-corrected chi connectivity index (χ1v) is 8.35. The summed E-state index contributed by atoms with van der Waals surface area (Å²) in [5, 5.41) is 15.4. The third-order valence-electron chi connectivity index (χ3n) is 3.45. The Morgan fingerprint density at radius 3 is 1.80 bits per heavy atom. The van der Waals surface area contributed by atoms with Gasteiger partial charge in [0.1, 0.15) is 11.4 Å². The van der Waals surface area contributed by atoms with Gasteiger partial charge in [-0.15, -0.1) is 0 Å². The zero-order valence-corrected chi connectivity index (χ0v) is 15.0. The molecule has 2 aromatic rings. The van der Waals surface area contributed by atoms with Gasteiger partial charge >= 0.3 is 6.09 Å². The topological polar surface area (TPSA) is 70.6 Å². The van der Waals surface area contributed by atoms with Crippen LogP contribution in [-0.2, 0) is 24.4 Å². The van der Waals surface area contributed by atoms with E-state index in [9.17, 15) is 9.90 Å². The molecule has 0 saturated carbocycles. The Morgan fingerprint density at radius 1 is 0.880 bits per heavy atom. The smallest absolute Gasteiger partial charge is 0.407 e. The van der Waals surface area contributed by atoms with Crippen LogP contribution in [0.25, 0.3) is 0 Å². The standard InChI is InChI=1S/C20H26N2O3/c1-20(2,3)25-19(24)22-14-17-6-4-15(5-7-17)12-21-13-16-8-10-18(23)11-9-16/h4-11,21,23H,12-14H2,1-3H3,(H,22,24). The summed E-state index contributed by atoms with van der Waals surface area (Å²) in [6.07, 6.45) is -0.410. The summed E-state index contributed by atoms with van der Waals surface area (Å²) in [5.41, 5.74) is 2.82. The molecule has 0 unspecified atom stereocenters. The Bertz CT molecular complexity index is 674. The summed E-state index contributed by atoms with van der Waals surface area (Å²) in [6, 6.07) is 15.2. The zero-order valence-electron chi connectivity index (χ0n) is 15.0. The Kier molecular flexibility index (Phi) is 6.42. The number of carbonyl (C=O) groups excluding carboxylic acids is 1. The number of amides is 1. The number of benzene rings is 2. The number of aromatic hydroxyl groups is 1. The minimum absolute atomic E-state index is 0.277. The number of alkyl carbamates (subject to hydrolysis) is 1. The van der Waals surface area contributed by atoms with Gasteiger partial charge in [0.05, 0.1) is 0 Å². The van der Waals surface area contributed by atoms with E-state index in [0.29, 0.717) is 6.54 Å². The third kappa shape index (κ3) is 7.27. The van der Waals surface area contributed by atoms with Crippen LogP contribution in [0.4, 0.5) is 4.79 Å². The number of nitrogens with one attached hydrogen (secondary N) is 2. The maximum atomic E-state index is 11.6. The molecule has 3 N–H and O–H groups in total. The highest BCUT2D eigenvalue weighted by Gasteiger charge is 2.15. The van der Waals surface area contributed by atoms with Crippen molar-refractivity contribution in [3.63, 3.8) is 0 Å². The largest absolute Gasteiger partial charge is 0.508 e. The Hall–Kier alpha value is -2.53. The summed E-state index contributed by atoms with van der Waals surface area (Å²) in [4.78, 5) is 11.6. The molecule has 5 heteroatoms. The van der Waals surface area contributed by atoms with Crippen molar-refractivity contribution < 1.29 is 14.6 Å². The fourth-order valence-electron chi connectivity index (χ4n) is 2.23. The summed E-state index contributed by atoms with van der Waals surface area (Å²) < 4.78 is 5.21. The molecule has 0 aromatic heterocycles. The van der Waals surface area contributed by atoms with E-state index in [-0.39, 0.29) is 5.75 Å². The first-order chi connectivity index (χ1) is 11.8. The number of rotatable bonds is 6. The average Bonchev–Trinajstić information content (AvgIpc) is 2.54. The molecule has 25 heavy (non-hydrogen) atoms. The van der Waals surface area contributed by atoms with Crippen molar-refractivity contribution in [1.82, 2.24) is 10.6 Å². The van der Waals surface area contributed by atoms with Crippen LogP contribution < -0.4 is 10.6 Å². The van der Waals surface area contributed by atoms with E-state index < -0.39 is 11.7 Å². The first kappa shape index (κ1) is 18.8. The molecular formula is C20H26N2O3. The lowest BCUT2D eigenvalue weighted by atomic mass is 10.1. The molecule has 0 bridgehead atoms. The molecular weight excluding hydrogens is 316 g/mol. The van der Waals surface area contributed by atoms with Crippen molar-refractivity contribution in [2.24, 2.45) is 0 Å². The highest BCUT2D eigenvalue weighted by atomic mass is 16.6. The predicted octanol–water partition coefficient (Wildman–Crippen LogP) is 3.71. The van der Waals surface area contributed by atoms with Crippen molar-refractivity contribution in [3.8, 4) is 5.75 Å². The molecule has 1 amide bonds. The highest BCUT2D eigenvalue weighted by Crippen LogP contribution is 2.10. The Labute approximate surface area is 149 Å². The summed E-state index contributed by atoms with van der Waals surface area (Å²) in [7, 11) is 0. The van der Waals surface area contributed by atoms with Crippen molar-refractivity contribution in [1.29, 1.82) is 0 Å². The normalized spacial score (nSPS) is 11.2. The van der Waals surface area contributed by atoms with Gasteiger partial charge in [0.2, 0.25) is 0 Å². The zero-order chi connectivity index (χ0) is 18.3. The van der Waals surface area contributed by atoms with Crippen molar-refractivity contribution >= 4 is 6.09 Å². The van der Waals surface area contributed by atoms with Crippen molar-refractivity contribution in [2.45, 2.75) is 46.0 Å². The molecule has 0 atom stereocenters. The van der Waals surface area contributed by atoms with Crippen LogP contribution in [0.3, 0.4) is 0 Å². The average molecular weight is 342 g/mol. The predicted molar refractivity (Wildman–Crippen MR) is 98.2 cm³/mol. The van der Waals surface area contributed by atoms with E-state index in [0.717, 1.165) is 24.2 Å². The van der Waals surface area contributed by atoms with Crippen LogP contribution in [0, 0.1) is 0 Å². The lowest BCUT2D eigenvalue weighted by Crippen LogP contribution is -2.32. The summed E-state index contributed by atoms with van der Waals surface area (Å²) in [6.45, 7) is 7.45. The second kappa shape index (κ2) is 8.53. The number of ether oxygens (including phenoxy) is 1. The number of phenolic OH excluding ortho intramolecular Hbond substituents is 1. The molecule has 0 aliphatic rings. The van der Waals surface area contributed by atoms with E-state index in [4.69, 9.17) is 4.74 Å². The molecule has 0 radical (unpaired) electrons.